The molecule has 1 fully saturated rings. The number of nitrogens with zero attached hydrogens (tertiary/aromatic N) is 1. The zero-order chi connectivity index (χ0) is 13.3. The molecule has 2 atom stereocenters. The van der Waals surface area contributed by atoms with E-state index in [0.717, 1.165) is 18.4 Å². The number of sulfonamides is 1. The van der Waals surface area contributed by atoms with Gasteiger partial charge in [-0.05, 0) is 44.2 Å². The molecule has 1 aromatic carbocycles. The van der Waals surface area contributed by atoms with E-state index in [9.17, 15) is 8.42 Å². The van der Waals surface area contributed by atoms with Gasteiger partial charge in [-0.15, -0.1) is 0 Å². The van der Waals surface area contributed by atoms with Crippen molar-refractivity contribution in [2.24, 2.45) is 5.92 Å². The highest BCUT2D eigenvalue weighted by atomic mass is 32.2. The van der Waals surface area contributed by atoms with E-state index < -0.39 is 10.0 Å². The van der Waals surface area contributed by atoms with Crippen molar-refractivity contribution in [1.82, 2.24) is 4.31 Å². The quantitative estimate of drug-likeness (QED) is 0.826. The lowest BCUT2D eigenvalue weighted by molar-refractivity contribution is 0.220. The van der Waals surface area contributed by atoms with Crippen molar-refractivity contribution in [1.29, 1.82) is 0 Å². The molecule has 0 aromatic heterocycles. The molecule has 0 saturated carbocycles. The molecular weight excluding hydrogens is 246 g/mol. The van der Waals surface area contributed by atoms with E-state index in [2.05, 4.69) is 6.92 Å². The van der Waals surface area contributed by atoms with Crippen LogP contribution in [0.25, 0.3) is 0 Å². The summed E-state index contributed by atoms with van der Waals surface area (Å²) in [5.41, 5.74) is 0.823. The summed E-state index contributed by atoms with van der Waals surface area (Å²) in [5.74, 6) is 0.614. The van der Waals surface area contributed by atoms with Crippen molar-refractivity contribution < 1.29 is 8.42 Å². The summed E-state index contributed by atoms with van der Waals surface area (Å²) in [7, 11) is -3.33. The first kappa shape index (κ1) is 13.6. The highest BCUT2D eigenvalue weighted by Crippen LogP contribution is 2.29. The van der Waals surface area contributed by atoms with Gasteiger partial charge in [-0.3, -0.25) is 0 Å². The van der Waals surface area contributed by atoms with Crippen molar-refractivity contribution in [2.75, 3.05) is 6.54 Å². The van der Waals surface area contributed by atoms with Crippen molar-refractivity contribution >= 4 is 10.0 Å². The highest BCUT2D eigenvalue weighted by molar-refractivity contribution is 7.89. The first-order chi connectivity index (χ1) is 8.43. The van der Waals surface area contributed by atoms with Crippen LogP contribution in [0.2, 0.25) is 0 Å². The number of benzene rings is 1. The number of rotatable bonds is 2. The highest BCUT2D eigenvalue weighted by Gasteiger charge is 2.33. The predicted molar refractivity (Wildman–Crippen MR) is 72.9 cm³/mol. The van der Waals surface area contributed by atoms with Crippen LogP contribution < -0.4 is 0 Å². The zero-order valence-electron chi connectivity index (χ0n) is 11.3. The lowest BCUT2D eigenvalue weighted by atomic mass is 9.95. The summed E-state index contributed by atoms with van der Waals surface area (Å²) in [6.07, 6.45) is 1.90. The molecule has 1 heterocycles. The van der Waals surface area contributed by atoms with Gasteiger partial charge in [-0.1, -0.05) is 25.1 Å². The summed E-state index contributed by atoms with van der Waals surface area (Å²) < 4.78 is 27.0. The van der Waals surface area contributed by atoms with Crippen LogP contribution in [0.3, 0.4) is 0 Å². The van der Waals surface area contributed by atoms with E-state index in [1.165, 1.54) is 0 Å². The predicted octanol–water partition coefficient (Wildman–Crippen LogP) is 2.80. The molecule has 0 aliphatic carbocycles. The van der Waals surface area contributed by atoms with E-state index in [4.69, 9.17) is 0 Å². The van der Waals surface area contributed by atoms with Crippen LogP contribution in [0, 0.1) is 12.8 Å². The maximum atomic E-state index is 12.7. The van der Waals surface area contributed by atoms with E-state index in [-0.39, 0.29) is 6.04 Å². The van der Waals surface area contributed by atoms with E-state index in [1.807, 2.05) is 26.0 Å². The minimum atomic E-state index is -3.33. The topological polar surface area (TPSA) is 37.4 Å². The first-order valence-electron chi connectivity index (χ1n) is 6.50. The van der Waals surface area contributed by atoms with Gasteiger partial charge in [-0.25, -0.2) is 8.42 Å². The molecule has 0 radical (unpaired) electrons. The Kier molecular flexibility index (Phi) is 3.78. The van der Waals surface area contributed by atoms with Gasteiger partial charge >= 0.3 is 0 Å². The van der Waals surface area contributed by atoms with Gasteiger partial charge in [0.1, 0.15) is 0 Å². The molecule has 0 N–H and O–H groups in total. The third kappa shape index (κ3) is 2.45. The molecule has 1 aliphatic heterocycles. The Bertz CT molecular complexity index is 524. The number of hydrogen-bond acceptors (Lipinski definition) is 2. The SMILES string of the molecule is Cc1ccccc1S(=O)(=O)N1CCC(C)CC1C. The molecule has 0 spiro atoms. The second kappa shape index (κ2) is 5.02. The van der Waals surface area contributed by atoms with Gasteiger partial charge in [0.2, 0.25) is 10.0 Å². The minimum Gasteiger partial charge on any atom is -0.207 e. The molecule has 1 aliphatic rings. The summed E-state index contributed by atoms with van der Waals surface area (Å²) in [5, 5.41) is 0. The van der Waals surface area contributed by atoms with Crippen molar-refractivity contribution in [3.63, 3.8) is 0 Å². The van der Waals surface area contributed by atoms with Gasteiger partial charge < -0.3 is 0 Å². The fourth-order valence-corrected chi connectivity index (χ4v) is 4.60. The lowest BCUT2D eigenvalue weighted by Crippen LogP contribution is -2.44. The average Bonchev–Trinajstić information content (AvgIpc) is 2.28. The fourth-order valence-electron chi connectivity index (χ4n) is 2.71. The summed E-state index contributed by atoms with van der Waals surface area (Å²) >= 11 is 0. The molecule has 0 bridgehead atoms. The van der Waals surface area contributed by atoms with Crippen LogP contribution in [0.15, 0.2) is 29.2 Å². The summed E-state index contributed by atoms with van der Waals surface area (Å²) in [4.78, 5) is 0.450. The van der Waals surface area contributed by atoms with Gasteiger partial charge in [0, 0.05) is 12.6 Å². The monoisotopic (exact) mass is 267 g/mol. The Labute approximate surface area is 110 Å². The Hall–Kier alpha value is -0.870. The maximum Gasteiger partial charge on any atom is 0.243 e. The molecule has 0 amide bonds. The van der Waals surface area contributed by atoms with Crippen molar-refractivity contribution in [2.45, 2.75) is 44.6 Å². The second-order valence-electron chi connectivity index (χ2n) is 5.36. The molecule has 1 aromatic rings. The Morgan fingerprint density at radius 2 is 1.89 bits per heavy atom. The van der Waals surface area contributed by atoms with Crippen LogP contribution in [0.4, 0.5) is 0 Å². The smallest absolute Gasteiger partial charge is 0.207 e. The number of hydrogen-bond donors (Lipinski definition) is 0. The number of piperidine rings is 1. The van der Waals surface area contributed by atoms with Gasteiger partial charge in [0.05, 0.1) is 4.90 Å². The van der Waals surface area contributed by atoms with E-state index >= 15 is 0 Å². The zero-order valence-corrected chi connectivity index (χ0v) is 12.1. The molecule has 2 unspecified atom stereocenters. The Morgan fingerprint density at radius 3 is 2.50 bits per heavy atom. The lowest BCUT2D eigenvalue weighted by Gasteiger charge is -2.35. The van der Waals surface area contributed by atoms with Gasteiger partial charge in [0.15, 0.2) is 0 Å². The van der Waals surface area contributed by atoms with Gasteiger partial charge in [0.25, 0.3) is 0 Å². The van der Waals surface area contributed by atoms with Crippen LogP contribution in [0.5, 0.6) is 0 Å². The minimum absolute atomic E-state index is 0.0957. The molecule has 2 rings (SSSR count). The van der Waals surface area contributed by atoms with Crippen molar-refractivity contribution in [3.05, 3.63) is 29.8 Å². The Balaban J connectivity index is 2.35. The Morgan fingerprint density at radius 1 is 1.22 bits per heavy atom. The van der Waals surface area contributed by atoms with Crippen LogP contribution in [-0.4, -0.2) is 25.3 Å². The standard InChI is InChI=1S/C14H21NO2S/c1-11-8-9-15(13(3)10-11)18(16,17)14-7-5-4-6-12(14)2/h4-7,11,13H,8-10H2,1-3H3. The molecular formula is C14H21NO2S. The van der Waals surface area contributed by atoms with E-state index in [0.29, 0.717) is 17.4 Å². The molecule has 3 nitrogen and oxygen atoms in total. The number of aryl methyl sites for hydroxylation is 1. The van der Waals surface area contributed by atoms with Crippen LogP contribution in [-0.2, 0) is 10.0 Å². The third-order valence-corrected chi connectivity index (χ3v) is 5.93. The normalized spacial score (nSPS) is 26.2. The van der Waals surface area contributed by atoms with Crippen LogP contribution in [0.1, 0.15) is 32.3 Å². The second-order valence-corrected chi connectivity index (χ2v) is 7.22. The molecule has 1 saturated heterocycles. The molecule has 4 heteroatoms. The van der Waals surface area contributed by atoms with Crippen molar-refractivity contribution in [3.8, 4) is 0 Å². The molecule has 100 valence electrons. The first-order valence-corrected chi connectivity index (χ1v) is 7.94. The van der Waals surface area contributed by atoms with E-state index in [1.54, 1.807) is 16.4 Å². The maximum absolute atomic E-state index is 12.7. The largest absolute Gasteiger partial charge is 0.243 e. The average molecular weight is 267 g/mol. The fraction of sp³-hybridized carbons (Fsp3) is 0.571. The third-order valence-electron chi connectivity index (χ3n) is 3.76. The van der Waals surface area contributed by atoms with Gasteiger partial charge in [-0.2, -0.15) is 4.31 Å². The summed E-state index contributed by atoms with van der Waals surface area (Å²) in [6.45, 7) is 6.68. The molecule has 18 heavy (non-hydrogen) atoms. The summed E-state index contributed by atoms with van der Waals surface area (Å²) in [6, 6.07) is 7.31. The van der Waals surface area contributed by atoms with Crippen LogP contribution >= 0.6 is 0 Å².